The van der Waals surface area contributed by atoms with Crippen LogP contribution in [0.5, 0.6) is 5.75 Å². The zero-order chi connectivity index (χ0) is 22.0. The van der Waals surface area contributed by atoms with Crippen molar-refractivity contribution in [2.75, 3.05) is 39.8 Å². The van der Waals surface area contributed by atoms with Crippen LogP contribution in [0.25, 0.3) is 0 Å². The molecule has 30 heavy (non-hydrogen) atoms. The molecule has 0 bridgehead atoms. The van der Waals surface area contributed by atoms with Gasteiger partial charge in [-0.2, -0.15) is 13.2 Å². The number of hydrogen-bond donors (Lipinski definition) is 3. The lowest BCUT2D eigenvalue weighted by Gasteiger charge is -2.32. The maximum atomic E-state index is 12.5. The number of nitrogens with zero attached hydrogens (tertiary/aromatic N) is 2. The summed E-state index contributed by atoms with van der Waals surface area (Å²) in [4.78, 5) is 16.5. The van der Waals surface area contributed by atoms with Crippen molar-refractivity contribution in [1.29, 1.82) is 0 Å². The summed E-state index contributed by atoms with van der Waals surface area (Å²) < 4.78 is 42.7. The molecule has 1 fully saturated rings. The number of halogens is 3. The molecule has 1 aliphatic rings. The summed E-state index contributed by atoms with van der Waals surface area (Å²) >= 11 is 0. The molecule has 0 aromatic heterocycles. The lowest BCUT2D eigenvalue weighted by atomic mass is 9.93. The van der Waals surface area contributed by atoms with Crippen molar-refractivity contribution in [3.05, 3.63) is 29.8 Å². The Morgan fingerprint density at radius 1 is 1.30 bits per heavy atom. The van der Waals surface area contributed by atoms with Gasteiger partial charge in [-0.25, -0.2) is 0 Å². The molecule has 0 unspecified atom stereocenters. The van der Waals surface area contributed by atoms with Crippen molar-refractivity contribution in [2.24, 2.45) is 16.6 Å². The Kier molecular flexibility index (Phi) is 9.22. The highest BCUT2D eigenvalue weighted by Gasteiger charge is 2.32. The second-order valence-corrected chi connectivity index (χ2v) is 7.38. The molecule has 168 valence electrons. The largest absolute Gasteiger partial charge is 0.484 e. The highest BCUT2D eigenvalue weighted by Crippen LogP contribution is 2.24. The number of carbonyl (C=O) groups is 1. The quantitative estimate of drug-likeness (QED) is 0.412. The molecule has 1 aromatic rings. The van der Waals surface area contributed by atoms with Crippen LogP contribution in [-0.4, -0.2) is 62.8 Å². The Labute approximate surface area is 174 Å². The van der Waals surface area contributed by atoms with Crippen LogP contribution in [-0.2, 0) is 11.3 Å². The molecule has 0 spiro atoms. The number of hydrogen-bond acceptors (Lipinski definition) is 4. The number of guanidine groups is 1. The number of amides is 1. The Hall–Kier alpha value is -2.49. The smallest absolute Gasteiger partial charge is 0.401 e. The molecule has 1 aliphatic heterocycles. The minimum atomic E-state index is -4.12. The van der Waals surface area contributed by atoms with Gasteiger partial charge >= 0.3 is 6.18 Å². The summed E-state index contributed by atoms with van der Waals surface area (Å²) in [5.41, 5.74) is 6.03. The monoisotopic (exact) mass is 429 g/mol. The average molecular weight is 429 g/mol. The van der Waals surface area contributed by atoms with Gasteiger partial charge < -0.3 is 21.1 Å². The van der Waals surface area contributed by atoms with Crippen molar-refractivity contribution < 1.29 is 22.7 Å². The van der Waals surface area contributed by atoms with Gasteiger partial charge in [-0.1, -0.05) is 12.1 Å². The molecule has 0 radical (unpaired) electrons. The van der Waals surface area contributed by atoms with Crippen molar-refractivity contribution in [1.82, 2.24) is 15.5 Å². The molecule has 1 saturated heterocycles. The summed E-state index contributed by atoms with van der Waals surface area (Å²) in [5, 5.41) is 6.45. The van der Waals surface area contributed by atoms with E-state index in [0.29, 0.717) is 43.8 Å². The molecular formula is C20H30F3N5O2. The molecule has 4 N–H and O–H groups in total. The fraction of sp³-hybridized carbons (Fsp3) is 0.600. The molecule has 0 atom stereocenters. The van der Waals surface area contributed by atoms with Gasteiger partial charge in [0.05, 0.1) is 6.54 Å². The highest BCUT2D eigenvalue weighted by molar-refractivity contribution is 5.79. The molecule has 10 heteroatoms. The maximum absolute atomic E-state index is 12.5. The molecule has 7 nitrogen and oxygen atoms in total. The molecule has 1 aromatic carbocycles. The number of benzene rings is 1. The van der Waals surface area contributed by atoms with E-state index in [9.17, 15) is 18.0 Å². The second-order valence-electron chi connectivity index (χ2n) is 7.38. The van der Waals surface area contributed by atoms with Crippen LogP contribution in [0.15, 0.2) is 29.3 Å². The first kappa shape index (κ1) is 23.8. The Morgan fingerprint density at radius 2 is 2.03 bits per heavy atom. The number of primary amides is 1. The van der Waals surface area contributed by atoms with Crippen LogP contribution in [0.2, 0.25) is 0 Å². The lowest BCUT2D eigenvalue weighted by molar-refractivity contribution is -0.148. The minimum Gasteiger partial charge on any atom is -0.484 e. The fourth-order valence-electron chi connectivity index (χ4n) is 3.39. The van der Waals surface area contributed by atoms with Gasteiger partial charge in [0.15, 0.2) is 12.6 Å². The number of ether oxygens (including phenoxy) is 1. The number of piperidine rings is 1. The van der Waals surface area contributed by atoms with E-state index in [-0.39, 0.29) is 6.61 Å². The van der Waals surface area contributed by atoms with E-state index in [1.165, 1.54) is 4.90 Å². The molecule has 0 saturated carbocycles. The van der Waals surface area contributed by atoms with Crippen molar-refractivity contribution in [2.45, 2.75) is 32.0 Å². The van der Waals surface area contributed by atoms with Crippen LogP contribution >= 0.6 is 0 Å². The predicted molar refractivity (Wildman–Crippen MR) is 109 cm³/mol. The number of carbonyl (C=O) groups excluding carboxylic acids is 1. The van der Waals surface area contributed by atoms with Gasteiger partial charge in [-0.3, -0.25) is 14.7 Å². The number of alkyl halides is 3. The highest BCUT2D eigenvalue weighted by atomic mass is 19.4. The van der Waals surface area contributed by atoms with Gasteiger partial charge in [-0.15, -0.1) is 0 Å². The summed E-state index contributed by atoms with van der Waals surface area (Å²) in [6, 6.07) is 7.32. The number of rotatable bonds is 9. The van der Waals surface area contributed by atoms with E-state index in [1.54, 1.807) is 13.1 Å². The Balaban J connectivity index is 1.67. The van der Waals surface area contributed by atoms with Crippen molar-refractivity contribution in [3.8, 4) is 5.75 Å². The second kappa shape index (κ2) is 11.6. The lowest BCUT2D eigenvalue weighted by Crippen LogP contribution is -2.41. The summed E-state index contributed by atoms with van der Waals surface area (Å²) in [5.74, 6) is 1.09. The number of aliphatic imine (C=N–C) groups is 1. The number of likely N-dealkylation sites (tertiary alicyclic amines) is 1. The van der Waals surface area contributed by atoms with Crippen molar-refractivity contribution >= 4 is 11.9 Å². The molecule has 1 heterocycles. The van der Waals surface area contributed by atoms with E-state index in [4.69, 9.17) is 10.5 Å². The summed E-state index contributed by atoms with van der Waals surface area (Å²) in [6.45, 7) is 1.21. The third-order valence-electron chi connectivity index (χ3n) is 4.92. The number of nitrogens with two attached hydrogens (primary N) is 1. The van der Waals surface area contributed by atoms with Crippen LogP contribution < -0.4 is 21.1 Å². The zero-order valence-electron chi connectivity index (χ0n) is 17.2. The third-order valence-corrected chi connectivity index (χ3v) is 4.92. The van der Waals surface area contributed by atoms with E-state index in [1.807, 2.05) is 18.2 Å². The first-order valence-electron chi connectivity index (χ1n) is 9.99. The Bertz CT molecular complexity index is 704. The van der Waals surface area contributed by atoms with Crippen LogP contribution in [0.4, 0.5) is 13.2 Å². The zero-order valence-corrected chi connectivity index (χ0v) is 17.2. The van der Waals surface area contributed by atoms with Gasteiger partial charge in [0.2, 0.25) is 0 Å². The van der Waals surface area contributed by atoms with Gasteiger partial charge in [0, 0.05) is 20.1 Å². The number of nitrogens with one attached hydrogen (secondary N) is 2. The minimum absolute atomic E-state index is 0.171. The third kappa shape index (κ3) is 9.34. The van der Waals surface area contributed by atoms with Crippen LogP contribution in [0.1, 0.15) is 24.8 Å². The molecule has 0 aliphatic carbocycles. The van der Waals surface area contributed by atoms with Gasteiger partial charge in [0.25, 0.3) is 5.91 Å². The average Bonchev–Trinajstić information content (AvgIpc) is 2.69. The fourth-order valence-corrected chi connectivity index (χ4v) is 3.39. The van der Waals surface area contributed by atoms with Gasteiger partial charge in [-0.05, 0) is 56.0 Å². The molecule has 2 rings (SSSR count). The van der Waals surface area contributed by atoms with Gasteiger partial charge in [0.1, 0.15) is 5.75 Å². The normalized spacial score (nSPS) is 16.3. The van der Waals surface area contributed by atoms with E-state index in [0.717, 1.165) is 24.8 Å². The Morgan fingerprint density at radius 3 is 2.67 bits per heavy atom. The van der Waals surface area contributed by atoms with E-state index < -0.39 is 18.6 Å². The summed E-state index contributed by atoms with van der Waals surface area (Å²) in [6.07, 6.45) is -1.68. The molecular weight excluding hydrogens is 399 g/mol. The maximum Gasteiger partial charge on any atom is 0.401 e. The van der Waals surface area contributed by atoms with Crippen molar-refractivity contribution in [3.63, 3.8) is 0 Å². The molecule has 1 amide bonds. The summed E-state index contributed by atoms with van der Waals surface area (Å²) in [7, 11) is 1.68. The first-order chi connectivity index (χ1) is 14.2. The predicted octanol–water partition coefficient (Wildman–Crippen LogP) is 1.88. The van der Waals surface area contributed by atoms with E-state index >= 15 is 0 Å². The van der Waals surface area contributed by atoms with E-state index in [2.05, 4.69) is 15.6 Å². The standard InChI is InChI=1S/C20H30F3N5O2/c1-25-19(27-12-16-3-2-4-17(11-16)30-13-18(24)29)26-8-5-15-6-9-28(10-7-15)14-20(21,22)23/h2-4,11,15H,5-10,12-14H2,1H3,(H2,24,29)(H2,25,26,27). The van der Waals surface area contributed by atoms with Crippen LogP contribution in [0, 0.1) is 5.92 Å². The first-order valence-corrected chi connectivity index (χ1v) is 9.99. The van der Waals surface area contributed by atoms with Crippen LogP contribution in [0.3, 0.4) is 0 Å². The SMILES string of the molecule is CN=C(NCCC1CCN(CC(F)(F)F)CC1)NCc1cccc(OCC(N)=O)c1. The topological polar surface area (TPSA) is 92.0 Å².